The number of carbonyl (C=O) groups is 1. The lowest BCUT2D eigenvalue weighted by Gasteiger charge is -2.04. The van der Waals surface area contributed by atoms with Gasteiger partial charge in [-0.1, -0.05) is 0 Å². The molecule has 92 valence electrons. The number of carboxylic acids is 1. The number of hydrogen-bond donors (Lipinski definition) is 2. The van der Waals surface area contributed by atoms with E-state index in [0.29, 0.717) is 5.75 Å². The number of aromatic carboxylic acids is 1. The van der Waals surface area contributed by atoms with Crippen molar-refractivity contribution in [1.82, 2.24) is 0 Å². The van der Waals surface area contributed by atoms with Crippen LogP contribution in [0.4, 0.5) is 0 Å². The molecule has 2 rings (SSSR count). The van der Waals surface area contributed by atoms with Crippen LogP contribution < -0.4 is 10.2 Å². The summed E-state index contributed by atoms with van der Waals surface area (Å²) in [5.41, 5.74) is -0.605. The van der Waals surface area contributed by atoms with Crippen molar-refractivity contribution in [2.24, 2.45) is 0 Å². The fraction of sp³-hybridized carbons (Fsp3) is 0. The molecule has 0 spiro atoms. The Morgan fingerprint density at radius 3 is 2.44 bits per heavy atom. The minimum Gasteiger partial charge on any atom is -0.508 e. The van der Waals surface area contributed by atoms with Crippen LogP contribution in [0.25, 0.3) is 0 Å². The van der Waals surface area contributed by atoms with Gasteiger partial charge in [0, 0.05) is 6.07 Å². The average Bonchev–Trinajstić information content (AvgIpc) is 2.34. The fourth-order valence-electron chi connectivity index (χ4n) is 1.23. The van der Waals surface area contributed by atoms with E-state index < -0.39 is 17.2 Å². The summed E-state index contributed by atoms with van der Waals surface area (Å²) in [4.78, 5) is 22.1. The van der Waals surface area contributed by atoms with E-state index in [-0.39, 0.29) is 11.5 Å². The van der Waals surface area contributed by atoms with Gasteiger partial charge in [0.15, 0.2) is 0 Å². The summed E-state index contributed by atoms with van der Waals surface area (Å²) < 4.78 is 9.91. The highest BCUT2D eigenvalue weighted by atomic mass is 16.5. The van der Waals surface area contributed by atoms with Crippen molar-refractivity contribution in [3.8, 4) is 17.2 Å². The number of hydrogen-bond acceptors (Lipinski definition) is 5. The highest BCUT2D eigenvalue weighted by molar-refractivity contribution is 5.84. The monoisotopic (exact) mass is 248 g/mol. The minimum atomic E-state index is -1.33. The second kappa shape index (κ2) is 4.62. The Morgan fingerprint density at radius 2 is 1.89 bits per heavy atom. The zero-order valence-electron chi connectivity index (χ0n) is 8.99. The smallest absolute Gasteiger partial charge is 0.371 e. The number of rotatable bonds is 3. The number of phenols is 1. The lowest BCUT2D eigenvalue weighted by atomic mass is 10.3. The van der Waals surface area contributed by atoms with Crippen LogP contribution in [0.15, 0.2) is 45.8 Å². The molecule has 2 N–H and O–H groups in total. The van der Waals surface area contributed by atoms with E-state index in [1.54, 1.807) is 0 Å². The maximum absolute atomic E-state index is 11.5. The Kier molecular flexibility index (Phi) is 3.01. The second-order valence-corrected chi connectivity index (χ2v) is 3.37. The molecule has 18 heavy (non-hydrogen) atoms. The van der Waals surface area contributed by atoms with Gasteiger partial charge in [-0.3, -0.25) is 4.79 Å². The van der Waals surface area contributed by atoms with Gasteiger partial charge in [-0.15, -0.1) is 0 Å². The van der Waals surface area contributed by atoms with E-state index in [9.17, 15) is 9.59 Å². The van der Waals surface area contributed by atoms with Crippen LogP contribution in [0, 0.1) is 0 Å². The lowest BCUT2D eigenvalue weighted by Crippen LogP contribution is -2.07. The van der Waals surface area contributed by atoms with Gasteiger partial charge in [-0.2, -0.15) is 0 Å². The summed E-state index contributed by atoms with van der Waals surface area (Å²) >= 11 is 0. The minimum absolute atomic E-state index is 0.0654. The van der Waals surface area contributed by atoms with Crippen molar-refractivity contribution >= 4 is 5.97 Å². The molecule has 0 saturated heterocycles. The Bertz CT molecular complexity index is 626. The molecule has 1 heterocycles. The van der Waals surface area contributed by atoms with Crippen molar-refractivity contribution in [2.75, 3.05) is 0 Å². The van der Waals surface area contributed by atoms with Crippen LogP contribution >= 0.6 is 0 Å². The molecule has 1 aromatic heterocycles. The molecule has 0 bridgehead atoms. The van der Waals surface area contributed by atoms with Gasteiger partial charge >= 0.3 is 5.97 Å². The summed E-state index contributed by atoms with van der Waals surface area (Å²) in [7, 11) is 0. The molecule has 0 radical (unpaired) electrons. The molecule has 0 atom stereocenters. The van der Waals surface area contributed by atoms with Gasteiger partial charge in [0.2, 0.25) is 16.9 Å². The number of phenolic OH excluding ortho intramolecular Hbond substituents is 1. The summed E-state index contributed by atoms with van der Waals surface area (Å²) in [5.74, 6) is -1.54. The van der Waals surface area contributed by atoms with Crippen molar-refractivity contribution < 1.29 is 24.2 Å². The van der Waals surface area contributed by atoms with E-state index in [4.69, 9.17) is 19.4 Å². The molecule has 0 fully saturated rings. The van der Waals surface area contributed by atoms with Gasteiger partial charge < -0.3 is 19.4 Å². The number of aromatic hydroxyl groups is 1. The molecule has 0 unspecified atom stereocenters. The van der Waals surface area contributed by atoms with Gasteiger partial charge in [0.25, 0.3) is 0 Å². The molecular formula is C12H8O6. The molecular weight excluding hydrogens is 240 g/mol. The zero-order valence-corrected chi connectivity index (χ0v) is 8.99. The first kappa shape index (κ1) is 11.7. The zero-order chi connectivity index (χ0) is 13.1. The molecule has 0 saturated carbocycles. The second-order valence-electron chi connectivity index (χ2n) is 3.37. The number of ether oxygens (including phenoxy) is 1. The van der Waals surface area contributed by atoms with Gasteiger partial charge in [0.05, 0.1) is 0 Å². The normalized spacial score (nSPS) is 10.0. The van der Waals surface area contributed by atoms with Gasteiger partial charge in [0.1, 0.15) is 17.8 Å². The predicted molar refractivity (Wildman–Crippen MR) is 60.1 cm³/mol. The third-order valence-electron chi connectivity index (χ3n) is 2.07. The first-order chi connectivity index (χ1) is 8.56. The maximum Gasteiger partial charge on any atom is 0.371 e. The average molecular weight is 248 g/mol. The predicted octanol–water partition coefficient (Wildman–Crippen LogP) is 1.84. The van der Waals surface area contributed by atoms with Crippen LogP contribution in [0.5, 0.6) is 17.2 Å². The van der Waals surface area contributed by atoms with Crippen LogP contribution in [-0.2, 0) is 0 Å². The van der Waals surface area contributed by atoms with E-state index in [1.807, 2.05) is 0 Å². The quantitative estimate of drug-likeness (QED) is 0.860. The first-order valence-electron chi connectivity index (χ1n) is 4.89. The Hall–Kier alpha value is -2.76. The van der Waals surface area contributed by atoms with Crippen molar-refractivity contribution in [3.63, 3.8) is 0 Å². The summed E-state index contributed by atoms with van der Waals surface area (Å²) in [6.07, 6.45) is 0.929. The van der Waals surface area contributed by atoms with Crippen molar-refractivity contribution in [1.29, 1.82) is 0 Å². The molecule has 0 aliphatic rings. The number of carboxylic acid groups (broad SMARTS) is 1. The summed E-state index contributed by atoms with van der Waals surface area (Å²) in [6.45, 7) is 0. The largest absolute Gasteiger partial charge is 0.508 e. The molecule has 6 nitrogen and oxygen atoms in total. The van der Waals surface area contributed by atoms with E-state index >= 15 is 0 Å². The number of benzene rings is 1. The Labute approximate surface area is 101 Å². The highest BCUT2D eigenvalue weighted by Crippen LogP contribution is 2.21. The molecule has 2 aromatic rings. The Balaban J connectivity index is 2.27. The van der Waals surface area contributed by atoms with Crippen molar-refractivity contribution in [2.45, 2.75) is 0 Å². The molecule has 6 heteroatoms. The van der Waals surface area contributed by atoms with Crippen LogP contribution in [0.2, 0.25) is 0 Å². The van der Waals surface area contributed by atoms with Gasteiger partial charge in [-0.25, -0.2) is 4.79 Å². The molecule has 1 aromatic carbocycles. The third-order valence-corrected chi connectivity index (χ3v) is 2.07. The van der Waals surface area contributed by atoms with Crippen LogP contribution in [0.3, 0.4) is 0 Å². The van der Waals surface area contributed by atoms with E-state index in [1.165, 1.54) is 24.3 Å². The molecule has 0 aliphatic carbocycles. The topological polar surface area (TPSA) is 97.0 Å². The van der Waals surface area contributed by atoms with Crippen LogP contribution in [0.1, 0.15) is 10.6 Å². The molecule has 0 amide bonds. The lowest BCUT2D eigenvalue weighted by molar-refractivity contribution is 0.0659. The van der Waals surface area contributed by atoms with Gasteiger partial charge in [-0.05, 0) is 24.3 Å². The molecule has 0 aliphatic heterocycles. The van der Waals surface area contributed by atoms with Crippen LogP contribution in [-0.4, -0.2) is 16.2 Å². The maximum atomic E-state index is 11.5. The summed E-state index contributed by atoms with van der Waals surface area (Å²) in [5, 5.41) is 17.7. The first-order valence-corrected chi connectivity index (χ1v) is 4.89. The third kappa shape index (κ3) is 2.49. The SMILES string of the molecule is O=C(O)c1cc(=O)c(Oc2ccc(O)cc2)co1. The fourth-order valence-corrected chi connectivity index (χ4v) is 1.23. The van der Waals surface area contributed by atoms with Crippen molar-refractivity contribution in [3.05, 3.63) is 52.6 Å². The van der Waals surface area contributed by atoms with E-state index in [2.05, 4.69) is 0 Å². The highest BCUT2D eigenvalue weighted by Gasteiger charge is 2.10. The summed E-state index contributed by atoms with van der Waals surface area (Å²) in [6, 6.07) is 6.53. The Morgan fingerprint density at radius 1 is 1.22 bits per heavy atom. The van der Waals surface area contributed by atoms with E-state index in [0.717, 1.165) is 12.3 Å². The standard InChI is InChI=1S/C12H8O6/c13-7-1-3-8(4-2-7)18-11-6-17-10(12(15)16)5-9(11)14/h1-6,13H,(H,15,16).